The molecule has 2 bridgehead atoms. The van der Waals surface area contributed by atoms with E-state index >= 15 is 0 Å². The quantitative estimate of drug-likeness (QED) is 0.325. The number of esters is 1. The summed E-state index contributed by atoms with van der Waals surface area (Å²) in [6.45, 7) is 0.855. The average Bonchev–Trinajstić information content (AvgIpc) is 3.19. The summed E-state index contributed by atoms with van der Waals surface area (Å²) in [4.78, 5) is 14.4. The van der Waals surface area contributed by atoms with Gasteiger partial charge in [0.25, 0.3) is 0 Å². The monoisotopic (exact) mass is 475 g/mol. The summed E-state index contributed by atoms with van der Waals surface area (Å²) in [5.41, 5.74) is 1.76. The Labute approximate surface area is 196 Å². The van der Waals surface area contributed by atoms with E-state index in [1.165, 1.54) is 0 Å². The Balaban J connectivity index is 1.37. The molecule has 5 aliphatic rings. The molecule has 10 nitrogen and oxygen atoms in total. The number of carbonyl (C=O) groups excluding carboxylic acids is 1. The van der Waals surface area contributed by atoms with Crippen LogP contribution in [0.25, 0.3) is 0 Å². The van der Waals surface area contributed by atoms with Gasteiger partial charge in [-0.2, -0.15) is 0 Å². The smallest absolute Gasteiger partial charge is 0.337 e. The summed E-state index contributed by atoms with van der Waals surface area (Å²) in [6.07, 6.45) is -3.40. The number of hydrogen-bond acceptors (Lipinski definition) is 10. The minimum Gasteiger partial charge on any atom is -0.504 e. The van der Waals surface area contributed by atoms with Crippen LogP contribution < -0.4 is 4.74 Å². The Kier molecular flexibility index (Phi) is 5.01. The van der Waals surface area contributed by atoms with E-state index in [-0.39, 0.29) is 17.7 Å². The fourth-order valence-electron chi connectivity index (χ4n) is 6.76. The maximum absolute atomic E-state index is 12.1. The number of phenolic OH excluding ortho intramolecular Hbond substituents is 1. The van der Waals surface area contributed by atoms with Crippen molar-refractivity contribution >= 4 is 5.97 Å². The van der Waals surface area contributed by atoms with E-state index in [1.54, 1.807) is 6.07 Å². The fraction of sp³-hybridized carbons (Fsp3) is 0.625. The molecule has 3 aliphatic heterocycles. The van der Waals surface area contributed by atoms with E-state index in [2.05, 4.69) is 22.8 Å². The van der Waals surface area contributed by atoms with Crippen molar-refractivity contribution < 1.29 is 44.2 Å². The van der Waals surface area contributed by atoms with Crippen LogP contribution in [0.2, 0.25) is 0 Å². The summed E-state index contributed by atoms with van der Waals surface area (Å²) < 4.78 is 22.8. The van der Waals surface area contributed by atoms with E-state index in [1.807, 2.05) is 12.1 Å². The van der Waals surface area contributed by atoms with Gasteiger partial charge in [-0.15, -0.1) is 0 Å². The third-order valence-corrected chi connectivity index (χ3v) is 8.42. The van der Waals surface area contributed by atoms with Crippen LogP contribution in [0.5, 0.6) is 11.5 Å². The number of likely N-dealkylation sites (tertiary alicyclic amines) is 1. The second-order valence-electron chi connectivity index (χ2n) is 9.96. The van der Waals surface area contributed by atoms with Gasteiger partial charge in [0.1, 0.15) is 30.5 Å². The summed E-state index contributed by atoms with van der Waals surface area (Å²) in [7, 11) is 3.26. The van der Waals surface area contributed by atoms with Gasteiger partial charge in [0.15, 0.2) is 23.9 Å². The number of phenols is 1. The van der Waals surface area contributed by atoms with Crippen LogP contribution in [0.4, 0.5) is 0 Å². The number of piperidine rings is 1. The Morgan fingerprint density at radius 3 is 2.74 bits per heavy atom. The topological polar surface area (TPSA) is 138 Å². The lowest BCUT2D eigenvalue weighted by Gasteiger charge is -2.57. The number of likely N-dealkylation sites (N-methyl/N-ethyl adjacent to an activating group) is 1. The van der Waals surface area contributed by atoms with Crippen LogP contribution in [0.3, 0.4) is 0 Å². The van der Waals surface area contributed by atoms with Crippen molar-refractivity contribution in [1.29, 1.82) is 0 Å². The van der Waals surface area contributed by atoms with Gasteiger partial charge in [0.2, 0.25) is 0 Å². The number of carbonyl (C=O) groups is 1. The van der Waals surface area contributed by atoms with Crippen LogP contribution in [-0.4, -0.2) is 101 Å². The van der Waals surface area contributed by atoms with Crippen LogP contribution in [0.15, 0.2) is 24.3 Å². The maximum atomic E-state index is 12.1. The normalized spacial score (nSPS) is 44.3. The lowest BCUT2D eigenvalue weighted by Crippen LogP contribution is -2.66. The molecule has 34 heavy (non-hydrogen) atoms. The van der Waals surface area contributed by atoms with Crippen molar-refractivity contribution in [3.63, 3.8) is 0 Å². The van der Waals surface area contributed by atoms with E-state index in [9.17, 15) is 25.2 Å². The summed E-state index contributed by atoms with van der Waals surface area (Å²) in [6, 6.07) is 3.90. The highest BCUT2D eigenvalue weighted by atomic mass is 16.7. The first kappa shape index (κ1) is 22.3. The molecule has 2 fully saturated rings. The molecule has 0 amide bonds. The van der Waals surface area contributed by atoms with E-state index in [0.717, 1.165) is 37.6 Å². The molecule has 184 valence electrons. The molecule has 0 saturated carbocycles. The van der Waals surface area contributed by atoms with Crippen LogP contribution in [-0.2, 0) is 30.8 Å². The van der Waals surface area contributed by atoms with E-state index in [0.29, 0.717) is 5.75 Å². The van der Waals surface area contributed by atoms with Crippen molar-refractivity contribution in [3.05, 3.63) is 35.4 Å². The Hall–Kier alpha value is -2.21. The van der Waals surface area contributed by atoms with Crippen molar-refractivity contribution in [2.45, 2.75) is 67.2 Å². The van der Waals surface area contributed by atoms with Crippen LogP contribution >= 0.6 is 0 Å². The molecule has 10 atom stereocenters. The van der Waals surface area contributed by atoms with Crippen molar-refractivity contribution in [2.24, 2.45) is 5.92 Å². The van der Waals surface area contributed by atoms with Crippen molar-refractivity contribution in [3.8, 4) is 11.5 Å². The molecule has 4 N–H and O–H groups in total. The molecule has 1 aromatic carbocycles. The molecule has 3 heterocycles. The highest BCUT2D eigenvalue weighted by molar-refractivity contribution is 5.75. The maximum Gasteiger partial charge on any atom is 0.337 e. The third kappa shape index (κ3) is 2.81. The molecule has 10 heteroatoms. The number of methoxy groups -OCH3 is 1. The average molecular weight is 475 g/mol. The highest BCUT2D eigenvalue weighted by Gasteiger charge is 2.65. The number of hydrogen-bond donors (Lipinski definition) is 4. The van der Waals surface area contributed by atoms with Crippen LogP contribution in [0, 0.1) is 5.92 Å². The number of aromatic hydroxyl groups is 1. The molecular formula is C24H29NO9. The zero-order valence-electron chi connectivity index (χ0n) is 18.9. The van der Waals surface area contributed by atoms with Crippen molar-refractivity contribution in [2.75, 3.05) is 20.7 Å². The predicted molar refractivity (Wildman–Crippen MR) is 115 cm³/mol. The third-order valence-electron chi connectivity index (χ3n) is 8.42. The number of ether oxygens (including phenoxy) is 4. The first-order chi connectivity index (χ1) is 16.3. The number of aliphatic hydroxyl groups is 3. The number of rotatable bonds is 3. The lowest BCUT2D eigenvalue weighted by atomic mass is 9.53. The van der Waals surface area contributed by atoms with Gasteiger partial charge in [-0.3, -0.25) is 0 Å². The highest BCUT2D eigenvalue weighted by Crippen LogP contribution is 2.62. The lowest BCUT2D eigenvalue weighted by molar-refractivity contribution is -0.307. The minimum atomic E-state index is -1.67. The zero-order valence-corrected chi connectivity index (χ0v) is 18.9. The second kappa shape index (κ2) is 7.64. The van der Waals surface area contributed by atoms with Crippen LogP contribution in [0.1, 0.15) is 17.5 Å². The molecule has 6 rings (SSSR count). The molecule has 1 unspecified atom stereocenters. The SMILES string of the molecule is COC(=O)[C@H]1O[C@@H](O[C@H]2C=CC3[C@H]4Cc5ccc(O)c6c5[C@@]3(CCN4C)[C@H]2O6)[C@H](O)[C@@H](O)[C@@H]1O. The molecule has 1 spiro atoms. The summed E-state index contributed by atoms with van der Waals surface area (Å²) >= 11 is 0. The minimum absolute atomic E-state index is 0.0793. The van der Waals surface area contributed by atoms with E-state index < -0.39 is 54.3 Å². The Morgan fingerprint density at radius 2 is 1.97 bits per heavy atom. The van der Waals surface area contributed by atoms with Gasteiger partial charge >= 0.3 is 5.97 Å². The summed E-state index contributed by atoms with van der Waals surface area (Å²) in [5, 5.41) is 41.7. The van der Waals surface area contributed by atoms with E-state index in [4.69, 9.17) is 14.2 Å². The number of nitrogens with zero attached hydrogens (tertiary/aromatic N) is 1. The first-order valence-corrected chi connectivity index (χ1v) is 11.6. The van der Waals surface area contributed by atoms with Gasteiger partial charge in [0, 0.05) is 22.9 Å². The first-order valence-electron chi connectivity index (χ1n) is 11.6. The van der Waals surface area contributed by atoms with Gasteiger partial charge in [-0.05, 0) is 38.1 Å². The van der Waals surface area contributed by atoms with Crippen molar-refractivity contribution in [1.82, 2.24) is 4.90 Å². The second-order valence-corrected chi connectivity index (χ2v) is 9.96. The largest absolute Gasteiger partial charge is 0.504 e. The Bertz CT molecular complexity index is 1050. The summed E-state index contributed by atoms with van der Waals surface area (Å²) in [5.74, 6) is -0.176. The Morgan fingerprint density at radius 1 is 1.18 bits per heavy atom. The molecule has 2 aliphatic carbocycles. The fourth-order valence-corrected chi connectivity index (χ4v) is 6.76. The molecule has 0 radical (unpaired) electrons. The molecule has 1 aromatic rings. The van der Waals surface area contributed by atoms with Gasteiger partial charge < -0.3 is 44.3 Å². The zero-order chi connectivity index (χ0) is 23.9. The molecule has 2 saturated heterocycles. The molecular weight excluding hydrogens is 446 g/mol. The number of benzene rings is 1. The van der Waals surface area contributed by atoms with Gasteiger partial charge in [-0.25, -0.2) is 4.79 Å². The predicted octanol–water partition coefficient (Wildman–Crippen LogP) is -0.797. The van der Waals surface area contributed by atoms with Gasteiger partial charge in [0.05, 0.1) is 7.11 Å². The number of aliphatic hydroxyl groups excluding tert-OH is 3. The van der Waals surface area contributed by atoms with Gasteiger partial charge in [-0.1, -0.05) is 18.2 Å². The standard InChI is InChI=1S/C24H29NO9/c1-25-8-7-24-11-4-6-14(32-23-18(29)16(27)17(28)20(34-23)22(30)31-2)21(24)33-19-13(26)5-3-10(15(19)24)9-12(11)25/h3-6,11-12,14,16-18,20-21,23,26-29H,7-9H2,1-2H3/t11?,12-,14+,16+,17+,18-,20+,21+,23-,24+/m1/s1. The molecule has 0 aromatic heterocycles.